The molecule has 0 aromatic heterocycles. The average molecular weight is 352 g/mol. The molecule has 0 atom stereocenters. The molecule has 0 bridgehead atoms. The number of ether oxygens (including phenoxy) is 1. The lowest BCUT2D eigenvalue weighted by Crippen LogP contribution is -2.17. The van der Waals surface area contributed by atoms with Gasteiger partial charge in [0.15, 0.2) is 0 Å². The third-order valence-corrected chi connectivity index (χ3v) is 3.30. The van der Waals surface area contributed by atoms with Gasteiger partial charge in [-0.25, -0.2) is 0 Å². The molecule has 2 N–H and O–H groups in total. The molecular formula is C12H16BrClN2OS. The molecule has 100 valence electrons. The number of nitrogens with zero attached hydrogens (tertiary/aromatic N) is 1. The molecule has 1 aromatic rings. The number of thiocarbonyl (C=S) groups is 1. The summed E-state index contributed by atoms with van der Waals surface area (Å²) in [6.45, 7) is 1.57. The van der Waals surface area contributed by atoms with Crippen LogP contribution < -0.4 is 10.5 Å². The van der Waals surface area contributed by atoms with E-state index in [2.05, 4.69) is 20.8 Å². The first-order valence-corrected chi connectivity index (χ1v) is 7.06. The van der Waals surface area contributed by atoms with E-state index in [9.17, 15) is 0 Å². The smallest absolute Gasteiger partial charge is 0.143 e. The summed E-state index contributed by atoms with van der Waals surface area (Å²) in [6, 6.07) is 3.49. The fourth-order valence-electron chi connectivity index (χ4n) is 1.45. The molecule has 0 aliphatic rings. The first-order valence-electron chi connectivity index (χ1n) is 5.48. The van der Waals surface area contributed by atoms with Crippen LogP contribution >= 0.6 is 39.7 Å². The molecule has 0 radical (unpaired) electrons. The van der Waals surface area contributed by atoms with E-state index in [-0.39, 0.29) is 4.99 Å². The van der Waals surface area contributed by atoms with Gasteiger partial charge in [0.2, 0.25) is 0 Å². The molecule has 0 amide bonds. The van der Waals surface area contributed by atoms with E-state index in [1.807, 2.05) is 14.1 Å². The predicted molar refractivity (Wildman–Crippen MR) is 83.7 cm³/mol. The zero-order valence-corrected chi connectivity index (χ0v) is 13.5. The van der Waals surface area contributed by atoms with Gasteiger partial charge in [-0.1, -0.05) is 23.8 Å². The standard InChI is InChI=1S/C12H16BrClN2OS/c1-16(2)4-3-5-17-11-9(12(15)18)6-8(14)7-10(11)13/h6-7H,3-5H2,1-2H3,(H2,15,18). The number of nitrogens with two attached hydrogens (primary N) is 1. The van der Waals surface area contributed by atoms with Gasteiger partial charge in [-0.05, 0) is 48.6 Å². The fraction of sp³-hybridized carbons (Fsp3) is 0.417. The Hall–Kier alpha value is -0.360. The van der Waals surface area contributed by atoms with Gasteiger partial charge in [-0.2, -0.15) is 0 Å². The van der Waals surface area contributed by atoms with Crippen molar-refractivity contribution in [2.45, 2.75) is 6.42 Å². The summed E-state index contributed by atoms with van der Waals surface area (Å²) in [7, 11) is 4.05. The van der Waals surface area contributed by atoms with Crippen LogP contribution in [0.2, 0.25) is 5.02 Å². The lowest BCUT2D eigenvalue weighted by Gasteiger charge is -2.14. The van der Waals surface area contributed by atoms with E-state index in [0.717, 1.165) is 17.4 Å². The minimum Gasteiger partial charge on any atom is -0.492 e. The molecule has 1 aromatic carbocycles. The maximum absolute atomic E-state index is 5.96. The van der Waals surface area contributed by atoms with Gasteiger partial charge in [0.1, 0.15) is 10.7 Å². The van der Waals surface area contributed by atoms with Crippen molar-refractivity contribution in [1.82, 2.24) is 4.90 Å². The third-order valence-electron chi connectivity index (χ3n) is 2.27. The molecule has 0 saturated carbocycles. The summed E-state index contributed by atoms with van der Waals surface area (Å²) >= 11 is 14.4. The van der Waals surface area contributed by atoms with E-state index < -0.39 is 0 Å². The summed E-state index contributed by atoms with van der Waals surface area (Å²) in [5.74, 6) is 0.658. The Labute approximate surface area is 126 Å². The SMILES string of the molecule is CN(C)CCCOc1c(Br)cc(Cl)cc1C(N)=S. The molecule has 0 aliphatic heterocycles. The van der Waals surface area contributed by atoms with E-state index in [0.29, 0.717) is 22.9 Å². The second-order valence-corrected chi connectivity index (χ2v) is 5.86. The van der Waals surface area contributed by atoms with Crippen molar-refractivity contribution in [2.75, 3.05) is 27.2 Å². The van der Waals surface area contributed by atoms with E-state index in [1.54, 1.807) is 12.1 Å². The highest BCUT2D eigenvalue weighted by molar-refractivity contribution is 9.10. The maximum atomic E-state index is 5.96. The van der Waals surface area contributed by atoms with Crippen molar-refractivity contribution >= 4 is 44.7 Å². The van der Waals surface area contributed by atoms with Gasteiger partial charge in [0.25, 0.3) is 0 Å². The second-order valence-electron chi connectivity index (χ2n) is 4.13. The van der Waals surface area contributed by atoms with Gasteiger partial charge in [0.05, 0.1) is 16.6 Å². The largest absolute Gasteiger partial charge is 0.492 e. The Bertz CT molecular complexity index is 440. The van der Waals surface area contributed by atoms with Crippen LogP contribution in [0.25, 0.3) is 0 Å². The Morgan fingerprint density at radius 2 is 2.17 bits per heavy atom. The number of benzene rings is 1. The van der Waals surface area contributed by atoms with Crippen LogP contribution in [0.5, 0.6) is 5.75 Å². The Kier molecular flexibility index (Phi) is 6.35. The van der Waals surface area contributed by atoms with Gasteiger partial charge in [0, 0.05) is 11.6 Å². The molecule has 6 heteroatoms. The zero-order chi connectivity index (χ0) is 13.7. The van der Waals surface area contributed by atoms with Gasteiger partial charge >= 0.3 is 0 Å². The van der Waals surface area contributed by atoms with E-state index in [1.165, 1.54) is 0 Å². The average Bonchev–Trinajstić information content (AvgIpc) is 2.25. The second kappa shape index (κ2) is 7.28. The van der Waals surface area contributed by atoms with E-state index >= 15 is 0 Å². The normalized spacial score (nSPS) is 10.7. The number of rotatable bonds is 6. The van der Waals surface area contributed by atoms with Crippen molar-refractivity contribution in [1.29, 1.82) is 0 Å². The molecule has 0 aliphatic carbocycles. The predicted octanol–water partition coefficient (Wildman–Crippen LogP) is 3.07. The van der Waals surface area contributed by atoms with Gasteiger partial charge in [-0.15, -0.1) is 0 Å². The summed E-state index contributed by atoms with van der Waals surface area (Å²) in [4.78, 5) is 2.38. The Balaban J connectivity index is 2.77. The van der Waals surface area contributed by atoms with Crippen LogP contribution in [0.15, 0.2) is 16.6 Å². The van der Waals surface area contributed by atoms with Gasteiger partial charge < -0.3 is 15.4 Å². The molecule has 18 heavy (non-hydrogen) atoms. The molecule has 0 heterocycles. The molecule has 0 fully saturated rings. The summed E-state index contributed by atoms with van der Waals surface area (Å²) < 4.78 is 6.50. The van der Waals surface area contributed by atoms with Crippen LogP contribution in [0, 0.1) is 0 Å². The van der Waals surface area contributed by atoms with Crippen LogP contribution in [-0.2, 0) is 0 Å². The number of hydrogen-bond acceptors (Lipinski definition) is 3. The highest BCUT2D eigenvalue weighted by Gasteiger charge is 2.12. The maximum Gasteiger partial charge on any atom is 0.143 e. The van der Waals surface area contributed by atoms with Crippen LogP contribution in [-0.4, -0.2) is 37.1 Å². The monoisotopic (exact) mass is 350 g/mol. The Morgan fingerprint density at radius 3 is 2.72 bits per heavy atom. The molecule has 0 spiro atoms. The third kappa shape index (κ3) is 4.72. The number of halogens is 2. The van der Waals surface area contributed by atoms with E-state index in [4.69, 9.17) is 34.3 Å². The van der Waals surface area contributed by atoms with Crippen LogP contribution in [0.1, 0.15) is 12.0 Å². The summed E-state index contributed by atoms with van der Waals surface area (Å²) in [6.07, 6.45) is 0.929. The summed E-state index contributed by atoms with van der Waals surface area (Å²) in [5.41, 5.74) is 6.33. The number of hydrogen-bond donors (Lipinski definition) is 1. The highest BCUT2D eigenvalue weighted by atomic mass is 79.9. The van der Waals surface area contributed by atoms with Crippen molar-refractivity contribution in [3.05, 3.63) is 27.2 Å². The fourth-order valence-corrected chi connectivity index (χ4v) is 2.52. The zero-order valence-electron chi connectivity index (χ0n) is 10.4. The van der Waals surface area contributed by atoms with Crippen molar-refractivity contribution in [3.8, 4) is 5.75 Å². The first kappa shape index (κ1) is 15.7. The quantitative estimate of drug-likeness (QED) is 0.631. The Morgan fingerprint density at radius 1 is 1.50 bits per heavy atom. The molecular weight excluding hydrogens is 336 g/mol. The van der Waals surface area contributed by atoms with Crippen molar-refractivity contribution in [3.63, 3.8) is 0 Å². The molecule has 0 saturated heterocycles. The minimum absolute atomic E-state index is 0.279. The van der Waals surface area contributed by atoms with Crippen molar-refractivity contribution in [2.24, 2.45) is 5.73 Å². The van der Waals surface area contributed by atoms with Gasteiger partial charge in [-0.3, -0.25) is 0 Å². The lowest BCUT2D eigenvalue weighted by molar-refractivity contribution is 0.280. The molecule has 1 rings (SSSR count). The minimum atomic E-state index is 0.279. The van der Waals surface area contributed by atoms with Crippen LogP contribution in [0.4, 0.5) is 0 Å². The highest BCUT2D eigenvalue weighted by Crippen LogP contribution is 2.32. The first-order chi connectivity index (χ1) is 8.41. The van der Waals surface area contributed by atoms with Crippen LogP contribution in [0.3, 0.4) is 0 Å². The molecule has 0 unspecified atom stereocenters. The van der Waals surface area contributed by atoms with Crippen molar-refractivity contribution < 1.29 is 4.74 Å². The topological polar surface area (TPSA) is 38.5 Å². The summed E-state index contributed by atoms with van der Waals surface area (Å²) in [5, 5.41) is 0.574. The lowest BCUT2D eigenvalue weighted by atomic mass is 10.2. The molecule has 3 nitrogen and oxygen atoms in total.